The van der Waals surface area contributed by atoms with Crippen LogP contribution in [0, 0.1) is 0 Å². The molecule has 0 unspecified atom stereocenters. The van der Waals surface area contributed by atoms with Gasteiger partial charge in [0.05, 0.1) is 0 Å². The fraction of sp³-hybridized carbons (Fsp3) is 0.368. The van der Waals surface area contributed by atoms with Gasteiger partial charge in [-0.25, -0.2) is 0 Å². The standard InChI is InChI=1S/C19H26N4OS/c1-20-19(21-12-10-17-9-6-14-25-17)22-13-11-18(24)23(2)15-16-7-4-3-5-8-16/h3-9,14H,10-13,15H2,1-2H3,(H2,20,21,22). The highest BCUT2D eigenvalue weighted by Crippen LogP contribution is 2.08. The number of amides is 1. The lowest BCUT2D eigenvalue weighted by molar-refractivity contribution is -0.130. The van der Waals surface area contributed by atoms with Crippen molar-refractivity contribution in [3.8, 4) is 0 Å². The van der Waals surface area contributed by atoms with E-state index in [1.54, 1.807) is 23.3 Å². The number of carbonyl (C=O) groups excluding carboxylic acids is 1. The Bertz CT molecular complexity index is 655. The van der Waals surface area contributed by atoms with Gasteiger partial charge in [-0.05, 0) is 23.4 Å². The molecule has 2 N–H and O–H groups in total. The molecule has 25 heavy (non-hydrogen) atoms. The van der Waals surface area contributed by atoms with Gasteiger partial charge in [0, 0.05) is 45.0 Å². The molecule has 0 bridgehead atoms. The van der Waals surface area contributed by atoms with Crippen molar-refractivity contribution in [3.63, 3.8) is 0 Å². The minimum absolute atomic E-state index is 0.116. The van der Waals surface area contributed by atoms with E-state index in [1.165, 1.54) is 4.88 Å². The molecule has 0 saturated heterocycles. The normalized spacial score (nSPS) is 11.2. The van der Waals surface area contributed by atoms with E-state index in [0.717, 1.165) is 24.5 Å². The van der Waals surface area contributed by atoms with Crippen LogP contribution in [-0.2, 0) is 17.8 Å². The first-order chi connectivity index (χ1) is 12.2. The maximum absolute atomic E-state index is 12.2. The lowest BCUT2D eigenvalue weighted by atomic mass is 10.2. The summed E-state index contributed by atoms with van der Waals surface area (Å²) in [6.45, 7) is 2.02. The maximum atomic E-state index is 12.2. The molecule has 0 radical (unpaired) electrons. The van der Waals surface area contributed by atoms with Gasteiger partial charge in [-0.3, -0.25) is 9.79 Å². The minimum Gasteiger partial charge on any atom is -0.356 e. The average Bonchev–Trinajstić information content (AvgIpc) is 3.14. The van der Waals surface area contributed by atoms with E-state index in [9.17, 15) is 4.79 Å². The van der Waals surface area contributed by atoms with Crippen molar-refractivity contribution in [2.24, 2.45) is 4.99 Å². The third kappa shape index (κ3) is 6.97. The number of nitrogens with zero attached hydrogens (tertiary/aromatic N) is 2. The van der Waals surface area contributed by atoms with Crippen LogP contribution in [0.5, 0.6) is 0 Å². The second kappa shape index (κ2) is 10.5. The van der Waals surface area contributed by atoms with Gasteiger partial charge < -0.3 is 15.5 Å². The SMILES string of the molecule is CN=C(NCCC(=O)N(C)Cc1ccccc1)NCCc1cccs1. The van der Waals surface area contributed by atoms with Crippen LogP contribution < -0.4 is 10.6 Å². The van der Waals surface area contributed by atoms with Gasteiger partial charge in [0.1, 0.15) is 0 Å². The monoisotopic (exact) mass is 358 g/mol. The molecular weight excluding hydrogens is 332 g/mol. The zero-order valence-electron chi connectivity index (χ0n) is 14.9. The molecule has 0 spiro atoms. The molecule has 0 aliphatic heterocycles. The fourth-order valence-electron chi connectivity index (χ4n) is 2.40. The number of guanidine groups is 1. The zero-order valence-corrected chi connectivity index (χ0v) is 15.7. The van der Waals surface area contributed by atoms with E-state index in [4.69, 9.17) is 0 Å². The molecule has 0 atom stereocenters. The predicted molar refractivity (Wildman–Crippen MR) is 105 cm³/mol. The van der Waals surface area contributed by atoms with Gasteiger partial charge in [-0.15, -0.1) is 11.3 Å². The number of benzene rings is 1. The molecule has 134 valence electrons. The lowest BCUT2D eigenvalue weighted by Gasteiger charge is -2.18. The summed E-state index contributed by atoms with van der Waals surface area (Å²) < 4.78 is 0. The van der Waals surface area contributed by atoms with Crippen LogP contribution in [-0.4, -0.2) is 44.0 Å². The lowest BCUT2D eigenvalue weighted by Crippen LogP contribution is -2.40. The summed E-state index contributed by atoms with van der Waals surface area (Å²) >= 11 is 1.76. The second-order valence-corrected chi connectivity index (χ2v) is 6.77. The topological polar surface area (TPSA) is 56.7 Å². The number of nitrogens with one attached hydrogen (secondary N) is 2. The van der Waals surface area contributed by atoms with Gasteiger partial charge in [-0.1, -0.05) is 36.4 Å². The van der Waals surface area contributed by atoms with E-state index in [0.29, 0.717) is 19.5 Å². The summed E-state index contributed by atoms with van der Waals surface area (Å²) in [5.74, 6) is 0.848. The first-order valence-corrected chi connectivity index (χ1v) is 9.32. The van der Waals surface area contributed by atoms with Crippen LogP contribution in [0.2, 0.25) is 0 Å². The summed E-state index contributed by atoms with van der Waals surface area (Å²) in [5, 5.41) is 8.55. The number of hydrogen-bond acceptors (Lipinski definition) is 3. The molecule has 5 nitrogen and oxygen atoms in total. The van der Waals surface area contributed by atoms with Gasteiger partial charge in [0.15, 0.2) is 5.96 Å². The van der Waals surface area contributed by atoms with Crippen LogP contribution in [0.25, 0.3) is 0 Å². The Morgan fingerprint density at radius 1 is 1.12 bits per heavy atom. The van der Waals surface area contributed by atoms with Crippen LogP contribution in [0.4, 0.5) is 0 Å². The average molecular weight is 359 g/mol. The number of hydrogen-bond donors (Lipinski definition) is 2. The van der Waals surface area contributed by atoms with Crippen molar-refractivity contribution < 1.29 is 4.79 Å². The Morgan fingerprint density at radius 2 is 1.88 bits per heavy atom. The number of rotatable bonds is 8. The summed E-state index contributed by atoms with van der Waals surface area (Å²) in [5.41, 5.74) is 1.14. The molecule has 1 aromatic carbocycles. The molecule has 1 heterocycles. The highest BCUT2D eigenvalue weighted by Gasteiger charge is 2.09. The molecule has 0 aliphatic carbocycles. The molecule has 2 aromatic rings. The van der Waals surface area contributed by atoms with Crippen LogP contribution in [0.15, 0.2) is 52.8 Å². The minimum atomic E-state index is 0.116. The summed E-state index contributed by atoms with van der Waals surface area (Å²) in [7, 11) is 3.58. The van der Waals surface area contributed by atoms with Crippen LogP contribution >= 0.6 is 11.3 Å². The molecule has 0 saturated carbocycles. The maximum Gasteiger partial charge on any atom is 0.224 e. The first kappa shape index (κ1) is 19.0. The summed E-state index contributed by atoms with van der Waals surface area (Å²) in [4.78, 5) is 19.5. The Hall–Kier alpha value is -2.34. The smallest absolute Gasteiger partial charge is 0.224 e. The van der Waals surface area contributed by atoms with E-state index in [1.807, 2.05) is 37.4 Å². The largest absolute Gasteiger partial charge is 0.356 e. The van der Waals surface area contributed by atoms with Crippen molar-refractivity contribution >= 4 is 23.2 Å². The molecule has 0 aliphatic rings. The fourth-order valence-corrected chi connectivity index (χ4v) is 3.11. The number of aliphatic imine (C=N–C) groups is 1. The van der Waals surface area contributed by atoms with Crippen molar-refractivity contribution in [1.29, 1.82) is 0 Å². The molecule has 1 aromatic heterocycles. The highest BCUT2D eigenvalue weighted by molar-refractivity contribution is 7.09. The zero-order chi connectivity index (χ0) is 17.9. The Balaban J connectivity index is 1.64. The van der Waals surface area contributed by atoms with Gasteiger partial charge in [-0.2, -0.15) is 0 Å². The third-order valence-corrected chi connectivity index (χ3v) is 4.72. The quantitative estimate of drug-likeness (QED) is 0.563. The highest BCUT2D eigenvalue weighted by atomic mass is 32.1. The Labute approximate surface area is 153 Å². The molecular formula is C19H26N4OS. The molecule has 1 amide bonds. The van der Waals surface area contributed by atoms with E-state index in [-0.39, 0.29) is 5.91 Å². The second-order valence-electron chi connectivity index (χ2n) is 5.74. The third-order valence-electron chi connectivity index (χ3n) is 3.79. The molecule has 6 heteroatoms. The predicted octanol–water partition coefficient (Wildman–Crippen LogP) is 2.50. The molecule has 0 fully saturated rings. The molecule has 2 rings (SSSR count). The van der Waals surface area contributed by atoms with Gasteiger partial charge in [0.25, 0.3) is 0 Å². The number of carbonyl (C=O) groups is 1. The van der Waals surface area contributed by atoms with Gasteiger partial charge >= 0.3 is 0 Å². The van der Waals surface area contributed by atoms with Crippen molar-refractivity contribution in [1.82, 2.24) is 15.5 Å². The van der Waals surface area contributed by atoms with Crippen molar-refractivity contribution in [2.45, 2.75) is 19.4 Å². The number of thiophene rings is 1. The first-order valence-electron chi connectivity index (χ1n) is 8.44. The summed E-state index contributed by atoms with van der Waals surface area (Å²) in [6.07, 6.45) is 1.41. The van der Waals surface area contributed by atoms with Crippen molar-refractivity contribution in [3.05, 3.63) is 58.3 Å². The van der Waals surface area contributed by atoms with Gasteiger partial charge in [0.2, 0.25) is 5.91 Å². The van der Waals surface area contributed by atoms with E-state index < -0.39 is 0 Å². The van der Waals surface area contributed by atoms with Crippen molar-refractivity contribution in [2.75, 3.05) is 27.2 Å². The van der Waals surface area contributed by atoms with Crippen LogP contribution in [0.3, 0.4) is 0 Å². The Kier molecular flexibility index (Phi) is 7.98. The van der Waals surface area contributed by atoms with Crippen LogP contribution in [0.1, 0.15) is 16.9 Å². The summed E-state index contributed by atoms with van der Waals surface area (Å²) in [6, 6.07) is 14.2. The van der Waals surface area contributed by atoms with E-state index >= 15 is 0 Å². The van der Waals surface area contributed by atoms with E-state index in [2.05, 4.69) is 33.1 Å². The Morgan fingerprint density at radius 3 is 2.56 bits per heavy atom.